The maximum absolute atomic E-state index is 13.1. The van der Waals surface area contributed by atoms with Gasteiger partial charge in [0.25, 0.3) is 17.5 Å². The number of piperazine rings is 1. The minimum Gasteiger partial charge on any atom is -0.371 e. The van der Waals surface area contributed by atoms with Crippen molar-refractivity contribution in [3.05, 3.63) is 98.8 Å². The van der Waals surface area contributed by atoms with Crippen molar-refractivity contribution >= 4 is 34.8 Å². The van der Waals surface area contributed by atoms with Crippen LogP contribution in [0.1, 0.15) is 39.4 Å². The fourth-order valence-electron chi connectivity index (χ4n) is 3.98. The zero-order chi connectivity index (χ0) is 24.9. The van der Waals surface area contributed by atoms with Crippen LogP contribution in [0, 0.1) is 10.1 Å². The molecule has 10 heteroatoms. The van der Waals surface area contributed by atoms with E-state index >= 15 is 0 Å². The number of hydrogen-bond donors (Lipinski definition) is 1. The van der Waals surface area contributed by atoms with E-state index in [0.29, 0.717) is 42.5 Å². The van der Waals surface area contributed by atoms with Crippen LogP contribution < -0.4 is 5.32 Å². The van der Waals surface area contributed by atoms with Crippen LogP contribution in [0.4, 0.5) is 11.4 Å². The fraction of sp³-hybridized carbons (Fsp3) is 0.240. The molecule has 0 radical (unpaired) electrons. The molecule has 9 nitrogen and oxygen atoms in total. The summed E-state index contributed by atoms with van der Waals surface area (Å²) < 4.78 is 0. The Morgan fingerprint density at radius 2 is 1.63 bits per heavy atom. The Hall–Kier alpha value is -3.98. The summed E-state index contributed by atoms with van der Waals surface area (Å²) >= 11 is 5.99. The van der Waals surface area contributed by atoms with Gasteiger partial charge in [0.2, 0.25) is 0 Å². The third kappa shape index (κ3) is 5.58. The molecule has 4 rings (SSSR count). The van der Waals surface area contributed by atoms with Crippen molar-refractivity contribution in [2.24, 2.45) is 0 Å². The van der Waals surface area contributed by atoms with Crippen LogP contribution >= 0.6 is 11.6 Å². The molecule has 1 saturated heterocycles. The SMILES string of the molecule is CC(Nc1ccc(C(=O)N2CCN(C(=O)c3cccc(Cl)c3)CC2)cc1[N+](=O)[O-])c1ccccn1. The Bertz CT molecular complexity index is 1250. The fourth-order valence-corrected chi connectivity index (χ4v) is 4.17. The quantitative estimate of drug-likeness (QED) is 0.402. The van der Waals surface area contributed by atoms with Crippen LogP contribution in [0.5, 0.6) is 0 Å². The Morgan fingerprint density at radius 1 is 0.971 bits per heavy atom. The van der Waals surface area contributed by atoms with E-state index in [1.54, 1.807) is 58.5 Å². The van der Waals surface area contributed by atoms with Crippen molar-refractivity contribution < 1.29 is 14.5 Å². The summed E-state index contributed by atoms with van der Waals surface area (Å²) in [6.07, 6.45) is 1.66. The number of nitrogens with one attached hydrogen (secondary N) is 1. The molecule has 1 atom stereocenters. The van der Waals surface area contributed by atoms with Gasteiger partial charge in [-0.25, -0.2) is 0 Å². The number of carbonyl (C=O) groups excluding carboxylic acids is 2. The number of benzene rings is 2. The molecule has 35 heavy (non-hydrogen) atoms. The molecule has 0 bridgehead atoms. The molecule has 1 N–H and O–H groups in total. The standard InChI is InChI=1S/C25H24ClN5O4/c1-17(21-7-2-3-10-27-21)28-22-9-8-19(16-23(22)31(34)35)25(33)30-13-11-29(12-14-30)24(32)18-5-4-6-20(26)15-18/h2-10,15-17,28H,11-14H2,1H3. The summed E-state index contributed by atoms with van der Waals surface area (Å²) in [5.74, 6) is -0.458. The number of amides is 2. The maximum Gasteiger partial charge on any atom is 0.293 e. The van der Waals surface area contributed by atoms with E-state index < -0.39 is 4.92 Å². The zero-order valence-corrected chi connectivity index (χ0v) is 19.8. The Kier molecular flexibility index (Phi) is 7.26. The van der Waals surface area contributed by atoms with Crippen LogP contribution in [0.15, 0.2) is 66.9 Å². The highest BCUT2D eigenvalue weighted by Crippen LogP contribution is 2.29. The van der Waals surface area contributed by atoms with Crippen molar-refractivity contribution in [3.63, 3.8) is 0 Å². The number of nitro benzene ring substituents is 1. The number of nitro groups is 1. The smallest absolute Gasteiger partial charge is 0.293 e. The summed E-state index contributed by atoms with van der Waals surface area (Å²) in [7, 11) is 0. The number of nitrogens with zero attached hydrogens (tertiary/aromatic N) is 4. The van der Waals surface area contributed by atoms with Crippen LogP contribution in [0.2, 0.25) is 5.02 Å². The molecule has 3 aromatic rings. The zero-order valence-electron chi connectivity index (χ0n) is 19.1. The number of carbonyl (C=O) groups is 2. The van der Waals surface area contributed by atoms with Crippen LogP contribution in [0.3, 0.4) is 0 Å². The van der Waals surface area contributed by atoms with Gasteiger partial charge in [0, 0.05) is 54.6 Å². The molecule has 1 aliphatic rings. The number of pyridine rings is 1. The van der Waals surface area contributed by atoms with Gasteiger partial charge in [-0.3, -0.25) is 24.7 Å². The summed E-state index contributed by atoms with van der Waals surface area (Å²) in [5.41, 5.74) is 1.58. The van der Waals surface area contributed by atoms with E-state index in [9.17, 15) is 19.7 Å². The average Bonchev–Trinajstić information content (AvgIpc) is 2.88. The van der Waals surface area contributed by atoms with E-state index in [0.717, 1.165) is 5.69 Å². The molecular formula is C25H24ClN5O4. The van der Waals surface area contributed by atoms with Gasteiger partial charge < -0.3 is 15.1 Å². The van der Waals surface area contributed by atoms with Gasteiger partial charge in [-0.05, 0) is 49.4 Å². The highest BCUT2D eigenvalue weighted by atomic mass is 35.5. The normalized spacial score (nSPS) is 14.3. The molecule has 2 amide bonds. The second kappa shape index (κ2) is 10.5. The van der Waals surface area contributed by atoms with Gasteiger partial charge in [-0.1, -0.05) is 23.7 Å². The first-order chi connectivity index (χ1) is 16.8. The van der Waals surface area contributed by atoms with Crippen molar-refractivity contribution in [2.45, 2.75) is 13.0 Å². The number of hydrogen-bond acceptors (Lipinski definition) is 6. The molecule has 1 aliphatic heterocycles. The predicted octanol–water partition coefficient (Wildman–Crippen LogP) is 4.41. The molecule has 1 aromatic heterocycles. The molecule has 2 heterocycles. The molecule has 0 aliphatic carbocycles. The lowest BCUT2D eigenvalue weighted by atomic mass is 10.1. The van der Waals surface area contributed by atoms with Gasteiger partial charge in [0.1, 0.15) is 5.69 Å². The molecule has 180 valence electrons. The van der Waals surface area contributed by atoms with E-state index in [2.05, 4.69) is 10.3 Å². The number of rotatable bonds is 6. The van der Waals surface area contributed by atoms with Gasteiger partial charge in [-0.15, -0.1) is 0 Å². The van der Waals surface area contributed by atoms with E-state index in [-0.39, 0.29) is 29.1 Å². The van der Waals surface area contributed by atoms with Crippen molar-refractivity contribution in [2.75, 3.05) is 31.5 Å². The first kappa shape index (κ1) is 24.2. The average molecular weight is 494 g/mol. The highest BCUT2D eigenvalue weighted by molar-refractivity contribution is 6.30. The minimum atomic E-state index is -0.508. The number of halogens is 1. The second-order valence-corrected chi connectivity index (χ2v) is 8.64. The number of anilines is 1. The molecular weight excluding hydrogens is 470 g/mol. The van der Waals surface area contributed by atoms with Gasteiger partial charge in [0.05, 0.1) is 16.7 Å². The van der Waals surface area contributed by atoms with Gasteiger partial charge in [-0.2, -0.15) is 0 Å². The second-order valence-electron chi connectivity index (χ2n) is 8.20. The topological polar surface area (TPSA) is 109 Å². The Balaban J connectivity index is 1.43. The highest BCUT2D eigenvalue weighted by Gasteiger charge is 2.27. The summed E-state index contributed by atoms with van der Waals surface area (Å²) in [5, 5.41) is 15.3. The lowest BCUT2D eigenvalue weighted by Gasteiger charge is -2.35. The Labute approximate surface area is 207 Å². The summed E-state index contributed by atoms with van der Waals surface area (Å²) in [6.45, 7) is 3.24. The van der Waals surface area contributed by atoms with Crippen LogP contribution in [-0.4, -0.2) is 57.7 Å². The summed E-state index contributed by atoms with van der Waals surface area (Å²) in [4.78, 5) is 44.6. The molecule has 1 unspecified atom stereocenters. The first-order valence-corrected chi connectivity index (χ1v) is 11.5. The van der Waals surface area contributed by atoms with Gasteiger partial charge >= 0.3 is 0 Å². The number of aromatic nitrogens is 1. The molecule has 2 aromatic carbocycles. The van der Waals surface area contributed by atoms with Crippen molar-refractivity contribution in [3.8, 4) is 0 Å². The third-order valence-corrected chi connectivity index (χ3v) is 6.11. The maximum atomic E-state index is 13.1. The lowest BCUT2D eigenvalue weighted by Crippen LogP contribution is -2.50. The Morgan fingerprint density at radius 3 is 2.20 bits per heavy atom. The van der Waals surface area contributed by atoms with Gasteiger partial charge in [0.15, 0.2) is 0 Å². The van der Waals surface area contributed by atoms with Crippen molar-refractivity contribution in [1.29, 1.82) is 0 Å². The monoisotopic (exact) mass is 493 g/mol. The van der Waals surface area contributed by atoms with E-state index in [1.807, 2.05) is 19.1 Å². The minimum absolute atomic E-state index is 0.146. The van der Waals surface area contributed by atoms with E-state index in [4.69, 9.17) is 11.6 Å². The molecule has 0 saturated carbocycles. The third-order valence-electron chi connectivity index (χ3n) is 5.87. The van der Waals surface area contributed by atoms with E-state index in [1.165, 1.54) is 6.07 Å². The molecule has 0 spiro atoms. The predicted molar refractivity (Wildman–Crippen MR) is 133 cm³/mol. The van der Waals surface area contributed by atoms with Crippen molar-refractivity contribution in [1.82, 2.24) is 14.8 Å². The molecule has 1 fully saturated rings. The van der Waals surface area contributed by atoms with Crippen LogP contribution in [-0.2, 0) is 0 Å². The first-order valence-electron chi connectivity index (χ1n) is 11.1. The largest absolute Gasteiger partial charge is 0.371 e. The summed E-state index contributed by atoms with van der Waals surface area (Å²) in [6, 6.07) is 16.4. The van der Waals surface area contributed by atoms with Crippen LogP contribution in [0.25, 0.3) is 0 Å². The lowest BCUT2D eigenvalue weighted by molar-refractivity contribution is -0.384.